The van der Waals surface area contributed by atoms with Crippen molar-refractivity contribution in [2.45, 2.75) is 70.7 Å². The van der Waals surface area contributed by atoms with Crippen molar-refractivity contribution in [1.29, 1.82) is 0 Å². The normalized spacial score (nSPS) is 28.8. The fraction of sp³-hybridized carbons (Fsp3) is 0.556. The highest BCUT2D eigenvalue weighted by Gasteiger charge is 2.38. The number of esters is 1. The Hall–Kier alpha value is -3.25. The van der Waals surface area contributed by atoms with Crippen LogP contribution < -0.4 is 20.1 Å². The van der Waals surface area contributed by atoms with E-state index in [1.165, 1.54) is 0 Å². The van der Waals surface area contributed by atoms with Crippen LogP contribution in [0.5, 0.6) is 11.6 Å². The van der Waals surface area contributed by atoms with E-state index in [1.54, 1.807) is 37.5 Å². The predicted octanol–water partition coefficient (Wildman–Crippen LogP) is 4.40. The van der Waals surface area contributed by atoms with E-state index in [0.717, 1.165) is 25.7 Å². The molecule has 6 bridgehead atoms. The van der Waals surface area contributed by atoms with Gasteiger partial charge in [0, 0.05) is 5.92 Å². The number of ether oxygens (including phenoxy) is 3. The van der Waals surface area contributed by atoms with E-state index in [2.05, 4.69) is 20.0 Å². The van der Waals surface area contributed by atoms with Gasteiger partial charge >= 0.3 is 13.7 Å². The zero-order chi connectivity index (χ0) is 28.8. The predicted molar refractivity (Wildman–Crippen MR) is 150 cm³/mol. The first kappa shape index (κ1) is 29.2. The average Bonchev–Trinajstić information content (AvgIpc) is 3.53. The molecule has 41 heavy (non-hydrogen) atoms. The van der Waals surface area contributed by atoms with Crippen molar-refractivity contribution in [2.75, 3.05) is 25.6 Å². The molecule has 0 amide bonds. The Morgan fingerprint density at radius 1 is 1.05 bits per heavy atom. The van der Waals surface area contributed by atoms with Crippen molar-refractivity contribution >= 4 is 30.8 Å². The molecule has 5 rings (SSSR count). The summed E-state index contributed by atoms with van der Waals surface area (Å²) in [6.45, 7) is 4.30. The number of fused-ring (bicyclic) bond motifs is 3. The average molecular weight is 589 g/mol. The van der Waals surface area contributed by atoms with E-state index in [0.29, 0.717) is 42.2 Å². The van der Waals surface area contributed by atoms with Crippen LogP contribution in [0.15, 0.2) is 36.7 Å². The lowest BCUT2D eigenvalue weighted by atomic mass is 10.1. The maximum absolute atomic E-state index is 13.9. The van der Waals surface area contributed by atoms with Gasteiger partial charge in [0.15, 0.2) is 11.2 Å². The Morgan fingerprint density at radius 3 is 2.56 bits per heavy atom. The Kier molecular flexibility index (Phi) is 9.39. The summed E-state index contributed by atoms with van der Waals surface area (Å²) >= 11 is 0. The molecule has 2 aromatic heterocycles. The number of benzene rings is 1. The van der Waals surface area contributed by atoms with Gasteiger partial charge in [-0.3, -0.25) is 13.9 Å². The third-order valence-electron chi connectivity index (χ3n) is 7.01. The monoisotopic (exact) mass is 588 g/mol. The molecule has 1 fully saturated rings. The first-order valence-corrected chi connectivity index (χ1v) is 15.6. The fourth-order valence-corrected chi connectivity index (χ4v) is 6.46. The Balaban J connectivity index is 1.38. The molecule has 14 heteroatoms. The molecule has 1 saturated heterocycles. The third-order valence-corrected chi connectivity index (χ3v) is 8.65. The van der Waals surface area contributed by atoms with E-state index in [1.807, 2.05) is 17.6 Å². The zero-order valence-electron chi connectivity index (χ0n) is 23.3. The SMILES string of the molecule is CC1NP(=O)(Oc2ccccc2)OCC2CC(C)C(O2)n2cnc3c(nc(N)nc32)OCCCCCCCOC1=O. The van der Waals surface area contributed by atoms with Crippen molar-refractivity contribution in [3.05, 3.63) is 36.7 Å². The summed E-state index contributed by atoms with van der Waals surface area (Å²) in [5, 5.41) is 2.74. The van der Waals surface area contributed by atoms with Crippen molar-refractivity contribution < 1.29 is 32.6 Å². The molecule has 4 heterocycles. The van der Waals surface area contributed by atoms with Crippen LogP contribution in [0.2, 0.25) is 0 Å². The number of hydrogen-bond acceptors (Lipinski definition) is 11. The summed E-state index contributed by atoms with van der Waals surface area (Å²) in [4.78, 5) is 25.8. The number of nitrogen functional groups attached to an aromatic ring is 1. The largest absolute Gasteiger partial charge is 0.476 e. The first-order valence-electron chi connectivity index (χ1n) is 14.0. The summed E-state index contributed by atoms with van der Waals surface area (Å²) in [7, 11) is -4.01. The number of rotatable bonds is 2. The number of nitrogens with two attached hydrogens (primary N) is 1. The minimum Gasteiger partial charge on any atom is -0.476 e. The van der Waals surface area contributed by atoms with Crippen LogP contribution in [0, 0.1) is 5.92 Å². The van der Waals surface area contributed by atoms with Gasteiger partial charge in [-0.15, -0.1) is 0 Å². The van der Waals surface area contributed by atoms with Gasteiger partial charge in [0.2, 0.25) is 11.8 Å². The van der Waals surface area contributed by atoms with Crippen LogP contribution in [0.4, 0.5) is 5.95 Å². The maximum Gasteiger partial charge on any atom is 0.459 e. The minimum atomic E-state index is -4.01. The number of para-hydroxylation sites is 1. The smallest absolute Gasteiger partial charge is 0.459 e. The van der Waals surface area contributed by atoms with Gasteiger partial charge < -0.3 is 24.5 Å². The van der Waals surface area contributed by atoms with Gasteiger partial charge in [-0.1, -0.05) is 44.4 Å². The molecule has 3 aromatic rings. The zero-order valence-corrected chi connectivity index (χ0v) is 24.2. The van der Waals surface area contributed by atoms with Crippen molar-refractivity contribution in [3.8, 4) is 11.6 Å². The van der Waals surface area contributed by atoms with Gasteiger partial charge in [-0.2, -0.15) is 15.1 Å². The fourth-order valence-electron chi connectivity index (χ4n) is 4.94. The number of cyclic esters (lactones) is 1. The molecular weight excluding hydrogens is 551 g/mol. The molecule has 0 spiro atoms. The molecule has 0 radical (unpaired) electrons. The van der Waals surface area contributed by atoms with E-state index < -0.39 is 32.1 Å². The highest BCUT2D eigenvalue weighted by Crippen LogP contribution is 2.46. The van der Waals surface area contributed by atoms with Crippen LogP contribution in [-0.4, -0.2) is 57.5 Å². The van der Waals surface area contributed by atoms with E-state index >= 15 is 0 Å². The lowest BCUT2D eigenvalue weighted by molar-refractivity contribution is -0.145. The number of aromatic nitrogens is 4. The minimum absolute atomic E-state index is 0.0412. The first-order chi connectivity index (χ1) is 19.8. The van der Waals surface area contributed by atoms with Gasteiger partial charge in [0.05, 0.1) is 32.3 Å². The van der Waals surface area contributed by atoms with Gasteiger partial charge in [0.1, 0.15) is 18.0 Å². The Bertz CT molecular complexity index is 1370. The van der Waals surface area contributed by atoms with Gasteiger partial charge in [0.25, 0.3) is 0 Å². The Labute approximate surface area is 238 Å². The second-order valence-corrected chi connectivity index (χ2v) is 12.1. The summed E-state index contributed by atoms with van der Waals surface area (Å²) in [6, 6.07) is 7.73. The van der Waals surface area contributed by atoms with Crippen LogP contribution in [0.1, 0.15) is 58.6 Å². The van der Waals surface area contributed by atoms with Gasteiger partial charge in [-0.05, 0) is 38.3 Å². The molecule has 1 aromatic carbocycles. The maximum atomic E-state index is 13.9. The summed E-state index contributed by atoms with van der Waals surface area (Å²) in [6.07, 6.45) is 5.74. The highest BCUT2D eigenvalue weighted by atomic mass is 31.2. The molecule has 0 saturated carbocycles. The molecule has 2 aliphatic heterocycles. The standard InChI is InChI=1S/C27H37N6O7P/c1-18-15-21-16-38-41(35,40-20-11-7-6-8-12-20)32-19(2)26(34)37-14-10-5-3-4-9-13-36-24-22-23(30-27(28)31-24)33(17-29-22)25(18)39-21/h6-8,11-12,17-19,21,25H,3-5,9-10,13-16H2,1-2H3,(H,32,35)(H2,28,30,31). The molecule has 13 nitrogen and oxygen atoms in total. The topological polar surface area (TPSA) is 162 Å². The molecule has 3 N–H and O–H groups in total. The molecule has 0 aliphatic carbocycles. The van der Waals surface area contributed by atoms with Crippen LogP contribution in [-0.2, 0) is 23.4 Å². The molecular formula is C27H37N6O7P. The van der Waals surface area contributed by atoms with E-state index in [4.69, 9.17) is 29.0 Å². The quantitative estimate of drug-likeness (QED) is 0.321. The second kappa shape index (κ2) is 13.2. The third kappa shape index (κ3) is 7.34. The van der Waals surface area contributed by atoms with Crippen LogP contribution in [0.3, 0.4) is 0 Å². The highest BCUT2D eigenvalue weighted by molar-refractivity contribution is 7.52. The van der Waals surface area contributed by atoms with Crippen molar-refractivity contribution in [2.24, 2.45) is 5.92 Å². The number of hydrogen-bond donors (Lipinski definition) is 2. The summed E-state index contributed by atoms with van der Waals surface area (Å²) in [5.74, 6) is 0.271. The Morgan fingerprint density at radius 2 is 1.78 bits per heavy atom. The molecule has 222 valence electrons. The number of anilines is 1. The number of nitrogens with zero attached hydrogens (tertiary/aromatic N) is 4. The van der Waals surface area contributed by atoms with Crippen LogP contribution in [0.25, 0.3) is 11.2 Å². The van der Waals surface area contributed by atoms with Crippen LogP contribution >= 0.6 is 7.75 Å². The van der Waals surface area contributed by atoms with Gasteiger partial charge in [-0.25, -0.2) is 9.55 Å². The molecule has 2 aliphatic rings. The molecule has 5 unspecified atom stereocenters. The summed E-state index contributed by atoms with van der Waals surface area (Å²) in [5.41, 5.74) is 7.05. The van der Waals surface area contributed by atoms with E-state index in [-0.39, 0.29) is 25.1 Å². The van der Waals surface area contributed by atoms with Crippen molar-refractivity contribution in [1.82, 2.24) is 24.6 Å². The number of carbonyl (C=O) groups excluding carboxylic acids is 1. The number of imidazole rings is 1. The molecule has 5 atom stereocenters. The van der Waals surface area contributed by atoms with Crippen molar-refractivity contribution in [3.63, 3.8) is 0 Å². The number of nitrogens with one attached hydrogen (secondary N) is 1. The second-order valence-electron chi connectivity index (χ2n) is 10.4. The lowest BCUT2D eigenvalue weighted by Gasteiger charge is -2.24. The van der Waals surface area contributed by atoms with E-state index in [9.17, 15) is 9.36 Å². The lowest BCUT2D eigenvalue weighted by Crippen LogP contribution is -2.35. The number of carbonyl (C=O) groups is 1. The summed E-state index contributed by atoms with van der Waals surface area (Å²) < 4.78 is 45.0.